The first-order chi connectivity index (χ1) is 10.2. The molecule has 3 heteroatoms. The Kier molecular flexibility index (Phi) is 4.39. The molecule has 1 N–H and O–H groups in total. The zero-order valence-electron chi connectivity index (χ0n) is 12.4. The molecule has 21 heavy (non-hydrogen) atoms. The minimum absolute atomic E-state index is 0.0422. The number of carbonyl (C=O) groups is 1. The summed E-state index contributed by atoms with van der Waals surface area (Å²) in [5.41, 5.74) is 2.54. The molecule has 0 saturated carbocycles. The van der Waals surface area contributed by atoms with Gasteiger partial charge in [-0.2, -0.15) is 0 Å². The van der Waals surface area contributed by atoms with E-state index >= 15 is 0 Å². The SMILES string of the molecule is C[C@@H](NC(=O)c1cc2c(s1)CCCCC2)c1ccccc1. The van der Waals surface area contributed by atoms with Gasteiger partial charge in [-0.25, -0.2) is 0 Å². The van der Waals surface area contributed by atoms with E-state index in [1.165, 1.54) is 29.7 Å². The average Bonchev–Trinajstić information content (AvgIpc) is 2.79. The van der Waals surface area contributed by atoms with Crippen LogP contribution in [0.15, 0.2) is 36.4 Å². The molecule has 1 heterocycles. The van der Waals surface area contributed by atoms with E-state index in [0.29, 0.717) is 0 Å². The van der Waals surface area contributed by atoms with Crippen LogP contribution in [0.2, 0.25) is 0 Å². The number of benzene rings is 1. The highest BCUT2D eigenvalue weighted by Gasteiger charge is 2.18. The fourth-order valence-corrected chi connectivity index (χ4v) is 4.03. The van der Waals surface area contributed by atoms with Gasteiger partial charge in [-0.05, 0) is 49.8 Å². The van der Waals surface area contributed by atoms with E-state index in [-0.39, 0.29) is 11.9 Å². The van der Waals surface area contributed by atoms with Crippen LogP contribution in [0.1, 0.15) is 57.9 Å². The van der Waals surface area contributed by atoms with Crippen molar-refractivity contribution in [2.24, 2.45) is 0 Å². The van der Waals surface area contributed by atoms with Crippen LogP contribution in [0.4, 0.5) is 0 Å². The zero-order chi connectivity index (χ0) is 14.7. The third kappa shape index (κ3) is 3.35. The summed E-state index contributed by atoms with van der Waals surface area (Å²) in [6.45, 7) is 2.03. The fourth-order valence-electron chi connectivity index (χ4n) is 2.87. The van der Waals surface area contributed by atoms with Crippen LogP contribution in [0, 0.1) is 0 Å². The van der Waals surface area contributed by atoms with E-state index in [1.807, 2.05) is 25.1 Å². The summed E-state index contributed by atoms with van der Waals surface area (Å²) < 4.78 is 0. The molecule has 1 aliphatic carbocycles. The van der Waals surface area contributed by atoms with E-state index < -0.39 is 0 Å². The number of carbonyl (C=O) groups excluding carboxylic acids is 1. The van der Waals surface area contributed by atoms with E-state index in [0.717, 1.165) is 23.3 Å². The smallest absolute Gasteiger partial charge is 0.261 e. The van der Waals surface area contributed by atoms with E-state index in [9.17, 15) is 4.79 Å². The Morgan fingerprint density at radius 1 is 1.14 bits per heavy atom. The molecular formula is C18H21NOS. The summed E-state index contributed by atoms with van der Waals surface area (Å²) in [5, 5.41) is 3.11. The normalized spacial score (nSPS) is 15.9. The summed E-state index contributed by atoms with van der Waals surface area (Å²) in [4.78, 5) is 14.7. The minimum atomic E-state index is 0.0422. The van der Waals surface area contributed by atoms with Crippen molar-refractivity contribution in [3.63, 3.8) is 0 Å². The van der Waals surface area contributed by atoms with E-state index in [4.69, 9.17) is 0 Å². The van der Waals surface area contributed by atoms with Crippen LogP contribution in [0.3, 0.4) is 0 Å². The molecule has 0 saturated heterocycles. The maximum atomic E-state index is 12.4. The summed E-state index contributed by atoms with van der Waals surface area (Å²) in [6, 6.07) is 12.3. The second kappa shape index (κ2) is 6.44. The molecule has 1 aromatic heterocycles. The molecule has 3 rings (SSSR count). The van der Waals surface area contributed by atoms with Crippen LogP contribution in [0.25, 0.3) is 0 Å². The second-order valence-electron chi connectivity index (χ2n) is 5.73. The van der Waals surface area contributed by atoms with Gasteiger partial charge in [0.25, 0.3) is 5.91 Å². The summed E-state index contributed by atoms with van der Waals surface area (Å²) in [6.07, 6.45) is 6.10. The highest BCUT2D eigenvalue weighted by atomic mass is 32.1. The molecule has 2 nitrogen and oxygen atoms in total. The van der Waals surface area contributed by atoms with Gasteiger partial charge in [0.15, 0.2) is 0 Å². The molecule has 0 spiro atoms. The monoisotopic (exact) mass is 299 g/mol. The molecule has 110 valence electrons. The van der Waals surface area contributed by atoms with Gasteiger partial charge >= 0.3 is 0 Å². The van der Waals surface area contributed by atoms with E-state index in [1.54, 1.807) is 11.3 Å². The fraction of sp³-hybridized carbons (Fsp3) is 0.389. The Balaban J connectivity index is 1.71. The third-order valence-electron chi connectivity index (χ3n) is 4.12. The summed E-state index contributed by atoms with van der Waals surface area (Å²) in [5.74, 6) is 0.0597. The van der Waals surface area contributed by atoms with Crippen LogP contribution in [-0.2, 0) is 12.8 Å². The first-order valence-electron chi connectivity index (χ1n) is 7.71. The number of rotatable bonds is 3. The number of amides is 1. The Bertz CT molecular complexity index is 594. The van der Waals surface area contributed by atoms with Gasteiger partial charge in [0, 0.05) is 4.88 Å². The number of nitrogens with one attached hydrogen (secondary N) is 1. The highest BCUT2D eigenvalue weighted by molar-refractivity contribution is 7.14. The van der Waals surface area contributed by atoms with Crippen LogP contribution < -0.4 is 5.32 Å². The van der Waals surface area contributed by atoms with Gasteiger partial charge in [0.1, 0.15) is 0 Å². The number of hydrogen-bond donors (Lipinski definition) is 1. The van der Waals surface area contributed by atoms with E-state index in [2.05, 4.69) is 23.5 Å². The van der Waals surface area contributed by atoms with Crippen molar-refractivity contribution in [2.45, 2.75) is 45.1 Å². The van der Waals surface area contributed by atoms with Crippen molar-refractivity contribution >= 4 is 17.2 Å². The van der Waals surface area contributed by atoms with Gasteiger partial charge in [-0.15, -0.1) is 11.3 Å². The van der Waals surface area contributed by atoms with Crippen molar-refractivity contribution in [1.29, 1.82) is 0 Å². The minimum Gasteiger partial charge on any atom is -0.345 e. The first kappa shape index (κ1) is 14.3. The quantitative estimate of drug-likeness (QED) is 0.830. The molecule has 0 fully saturated rings. The lowest BCUT2D eigenvalue weighted by atomic mass is 10.1. The maximum absolute atomic E-state index is 12.4. The lowest BCUT2D eigenvalue weighted by Gasteiger charge is -2.13. The second-order valence-corrected chi connectivity index (χ2v) is 6.86. The lowest BCUT2D eigenvalue weighted by molar-refractivity contribution is 0.0944. The number of thiophene rings is 1. The van der Waals surface area contributed by atoms with Crippen molar-refractivity contribution in [3.05, 3.63) is 57.3 Å². The Morgan fingerprint density at radius 3 is 2.71 bits per heavy atom. The number of fused-ring (bicyclic) bond motifs is 1. The molecule has 0 radical (unpaired) electrons. The van der Waals surface area contributed by atoms with Crippen molar-refractivity contribution in [1.82, 2.24) is 5.32 Å². The molecular weight excluding hydrogens is 278 g/mol. The van der Waals surface area contributed by atoms with Crippen LogP contribution in [0.5, 0.6) is 0 Å². The maximum Gasteiger partial charge on any atom is 0.261 e. The van der Waals surface area contributed by atoms with Gasteiger partial charge in [0.05, 0.1) is 10.9 Å². The Morgan fingerprint density at radius 2 is 1.90 bits per heavy atom. The number of aryl methyl sites for hydroxylation is 2. The largest absolute Gasteiger partial charge is 0.345 e. The predicted octanol–water partition coefficient (Wildman–Crippen LogP) is 4.51. The summed E-state index contributed by atoms with van der Waals surface area (Å²) in [7, 11) is 0. The molecule has 1 aliphatic rings. The Hall–Kier alpha value is -1.61. The predicted molar refractivity (Wildman–Crippen MR) is 87.9 cm³/mol. The highest BCUT2D eigenvalue weighted by Crippen LogP contribution is 2.29. The average molecular weight is 299 g/mol. The van der Waals surface area contributed by atoms with Crippen molar-refractivity contribution < 1.29 is 4.79 Å². The zero-order valence-corrected chi connectivity index (χ0v) is 13.2. The third-order valence-corrected chi connectivity index (χ3v) is 5.35. The molecule has 0 unspecified atom stereocenters. The van der Waals surface area contributed by atoms with Crippen LogP contribution in [-0.4, -0.2) is 5.91 Å². The number of hydrogen-bond acceptors (Lipinski definition) is 2. The first-order valence-corrected chi connectivity index (χ1v) is 8.53. The topological polar surface area (TPSA) is 29.1 Å². The van der Waals surface area contributed by atoms with Crippen molar-refractivity contribution in [2.75, 3.05) is 0 Å². The molecule has 2 aromatic rings. The van der Waals surface area contributed by atoms with Gasteiger partial charge in [-0.1, -0.05) is 36.8 Å². The van der Waals surface area contributed by atoms with Gasteiger partial charge < -0.3 is 5.32 Å². The molecule has 0 aliphatic heterocycles. The standard InChI is InChI=1S/C18H21NOS/c1-13(14-8-4-2-5-9-14)19-18(20)17-12-15-10-6-3-7-11-16(15)21-17/h2,4-5,8-9,12-13H,3,6-7,10-11H2,1H3,(H,19,20)/t13-/m1/s1. The summed E-state index contributed by atoms with van der Waals surface area (Å²) >= 11 is 1.68. The molecule has 1 aromatic carbocycles. The molecule has 1 atom stereocenters. The lowest BCUT2D eigenvalue weighted by Crippen LogP contribution is -2.25. The van der Waals surface area contributed by atoms with Crippen LogP contribution >= 0.6 is 11.3 Å². The molecule has 1 amide bonds. The van der Waals surface area contributed by atoms with Gasteiger partial charge in [0.2, 0.25) is 0 Å². The molecule has 0 bridgehead atoms. The van der Waals surface area contributed by atoms with Gasteiger partial charge in [-0.3, -0.25) is 4.79 Å². The van der Waals surface area contributed by atoms with Crippen molar-refractivity contribution in [3.8, 4) is 0 Å². The Labute approximate surface area is 130 Å².